The lowest BCUT2D eigenvalue weighted by Crippen LogP contribution is -2.49. The van der Waals surface area contributed by atoms with Crippen LogP contribution in [0.5, 0.6) is 0 Å². The molecule has 0 radical (unpaired) electrons. The van der Waals surface area contributed by atoms with Crippen molar-refractivity contribution in [2.24, 2.45) is 12.2 Å². The fourth-order valence-electron chi connectivity index (χ4n) is 3.69. The van der Waals surface area contributed by atoms with Crippen LogP contribution < -0.4 is 10.2 Å². The van der Waals surface area contributed by atoms with Crippen LogP contribution >= 0.6 is 0 Å². The molecule has 10 heteroatoms. The molecule has 3 heterocycles. The summed E-state index contributed by atoms with van der Waals surface area (Å²) < 4.78 is 14.7. The molecule has 2 aliphatic heterocycles. The Morgan fingerprint density at radius 1 is 1.19 bits per heavy atom. The molecule has 1 aromatic heterocycles. The van der Waals surface area contributed by atoms with Gasteiger partial charge in [0, 0.05) is 70.1 Å². The smallest absolute Gasteiger partial charge is 0.264 e. The zero-order valence-corrected chi connectivity index (χ0v) is 17.3. The highest BCUT2D eigenvalue weighted by Crippen LogP contribution is 2.18. The first-order chi connectivity index (χ1) is 15.0. The molecule has 2 aliphatic rings. The fourth-order valence-corrected chi connectivity index (χ4v) is 3.69. The molecule has 1 N–H and O–H groups in total. The van der Waals surface area contributed by atoms with E-state index in [1.165, 1.54) is 12.1 Å². The van der Waals surface area contributed by atoms with Gasteiger partial charge in [0.2, 0.25) is 12.0 Å². The van der Waals surface area contributed by atoms with Gasteiger partial charge in [0.15, 0.2) is 0 Å². The molecule has 1 saturated heterocycles. The van der Waals surface area contributed by atoms with E-state index in [2.05, 4.69) is 20.5 Å². The monoisotopic (exact) mass is 428 g/mol. The van der Waals surface area contributed by atoms with Gasteiger partial charge in [0.1, 0.15) is 5.82 Å². The number of benzene rings is 1. The standard InChI is InChI=1S/C21H25FN6O3/c1-26-14-15(13-24-26)18-12-19(31-25-18)21(30)23-7-6-20(29)28-10-8-27(9-11-28)17-4-2-16(22)3-5-17/h2-5,13-14,19H,6-12H2,1H3,(H,23,30). The second kappa shape index (κ2) is 9.15. The van der Waals surface area contributed by atoms with Crippen LogP contribution in [0.2, 0.25) is 0 Å². The average Bonchev–Trinajstić information content (AvgIpc) is 3.43. The van der Waals surface area contributed by atoms with E-state index in [-0.39, 0.29) is 30.6 Å². The van der Waals surface area contributed by atoms with Crippen molar-refractivity contribution in [3.63, 3.8) is 0 Å². The number of oxime groups is 1. The highest BCUT2D eigenvalue weighted by molar-refractivity contribution is 6.03. The third kappa shape index (κ3) is 5.01. The summed E-state index contributed by atoms with van der Waals surface area (Å²) >= 11 is 0. The maximum atomic E-state index is 13.1. The Balaban J connectivity index is 1.16. The van der Waals surface area contributed by atoms with Crippen LogP contribution in [0.25, 0.3) is 0 Å². The largest absolute Gasteiger partial charge is 0.382 e. The van der Waals surface area contributed by atoms with Crippen LogP contribution in [0.4, 0.5) is 10.1 Å². The SMILES string of the molecule is Cn1cc(C2=NOC(C(=O)NCCC(=O)N3CCN(c4ccc(F)cc4)CC3)C2)cn1. The Morgan fingerprint density at radius 3 is 2.61 bits per heavy atom. The molecule has 31 heavy (non-hydrogen) atoms. The molecule has 0 saturated carbocycles. The van der Waals surface area contributed by atoms with Gasteiger partial charge in [-0.05, 0) is 24.3 Å². The minimum absolute atomic E-state index is 0.00121. The summed E-state index contributed by atoms with van der Waals surface area (Å²) in [5.74, 6) is -0.544. The Kier molecular flexibility index (Phi) is 6.15. The predicted octanol–water partition coefficient (Wildman–Crippen LogP) is 0.907. The first-order valence-corrected chi connectivity index (χ1v) is 10.3. The molecular formula is C21H25FN6O3. The van der Waals surface area contributed by atoms with Crippen LogP contribution in [-0.2, 0) is 21.5 Å². The minimum Gasteiger partial charge on any atom is -0.382 e. The van der Waals surface area contributed by atoms with E-state index in [0.717, 1.165) is 11.3 Å². The average molecular weight is 428 g/mol. The van der Waals surface area contributed by atoms with Crippen LogP contribution in [0.1, 0.15) is 18.4 Å². The Hall–Kier alpha value is -3.43. The highest BCUT2D eigenvalue weighted by Gasteiger charge is 2.29. The zero-order valence-electron chi connectivity index (χ0n) is 17.3. The topological polar surface area (TPSA) is 92.1 Å². The molecule has 0 bridgehead atoms. The first kappa shape index (κ1) is 20.8. The number of aryl methyl sites for hydroxylation is 1. The lowest BCUT2D eigenvalue weighted by Gasteiger charge is -2.36. The molecule has 4 rings (SSSR count). The maximum Gasteiger partial charge on any atom is 0.264 e. The first-order valence-electron chi connectivity index (χ1n) is 10.3. The number of nitrogens with one attached hydrogen (secondary N) is 1. The van der Waals surface area contributed by atoms with Gasteiger partial charge in [-0.15, -0.1) is 0 Å². The molecule has 2 amide bonds. The number of carbonyl (C=O) groups is 2. The van der Waals surface area contributed by atoms with Gasteiger partial charge in [-0.25, -0.2) is 4.39 Å². The number of halogens is 1. The van der Waals surface area contributed by atoms with E-state index in [1.54, 1.807) is 27.9 Å². The number of amides is 2. The summed E-state index contributed by atoms with van der Waals surface area (Å²) in [6, 6.07) is 6.37. The number of nitrogens with zero attached hydrogens (tertiary/aromatic N) is 5. The van der Waals surface area contributed by atoms with Crippen molar-refractivity contribution in [3.8, 4) is 0 Å². The molecule has 0 spiro atoms. The summed E-state index contributed by atoms with van der Waals surface area (Å²) in [5.41, 5.74) is 2.46. The van der Waals surface area contributed by atoms with Gasteiger partial charge >= 0.3 is 0 Å². The van der Waals surface area contributed by atoms with E-state index >= 15 is 0 Å². The Labute approximate surface area is 179 Å². The van der Waals surface area contributed by atoms with Gasteiger partial charge in [0.05, 0.1) is 11.9 Å². The van der Waals surface area contributed by atoms with Crippen LogP contribution in [-0.4, -0.2) is 71.0 Å². The summed E-state index contributed by atoms with van der Waals surface area (Å²) in [4.78, 5) is 34.0. The van der Waals surface area contributed by atoms with E-state index in [1.807, 2.05) is 13.2 Å². The van der Waals surface area contributed by atoms with Crippen molar-refractivity contribution in [2.45, 2.75) is 18.9 Å². The van der Waals surface area contributed by atoms with Crippen LogP contribution in [0.15, 0.2) is 41.8 Å². The van der Waals surface area contributed by atoms with Crippen LogP contribution in [0.3, 0.4) is 0 Å². The third-order valence-corrected chi connectivity index (χ3v) is 5.46. The second-order valence-corrected chi connectivity index (χ2v) is 7.62. The lowest BCUT2D eigenvalue weighted by atomic mass is 10.1. The maximum absolute atomic E-state index is 13.1. The Morgan fingerprint density at radius 2 is 1.94 bits per heavy atom. The van der Waals surface area contributed by atoms with E-state index in [4.69, 9.17) is 4.84 Å². The number of hydrogen-bond acceptors (Lipinski definition) is 6. The van der Waals surface area contributed by atoms with Gasteiger partial charge in [-0.1, -0.05) is 5.16 Å². The van der Waals surface area contributed by atoms with E-state index in [0.29, 0.717) is 38.3 Å². The van der Waals surface area contributed by atoms with Gasteiger partial charge < -0.3 is 20.0 Å². The normalized spacial score (nSPS) is 18.5. The van der Waals surface area contributed by atoms with Gasteiger partial charge in [-0.3, -0.25) is 14.3 Å². The molecule has 0 aliphatic carbocycles. The fraction of sp³-hybridized carbons (Fsp3) is 0.429. The summed E-state index contributed by atoms with van der Waals surface area (Å²) in [5, 5.41) is 10.8. The third-order valence-electron chi connectivity index (χ3n) is 5.46. The molecule has 1 fully saturated rings. The van der Waals surface area contributed by atoms with E-state index in [9.17, 15) is 14.0 Å². The number of hydrogen-bond donors (Lipinski definition) is 1. The zero-order chi connectivity index (χ0) is 21.8. The summed E-state index contributed by atoms with van der Waals surface area (Å²) in [6.45, 7) is 2.82. The van der Waals surface area contributed by atoms with Crippen molar-refractivity contribution in [1.29, 1.82) is 0 Å². The molecule has 1 unspecified atom stereocenters. The number of rotatable bonds is 6. The van der Waals surface area contributed by atoms with Crippen molar-refractivity contribution in [3.05, 3.63) is 48.0 Å². The summed E-state index contributed by atoms with van der Waals surface area (Å²) in [6.07, 6.45) is 3.40. The predicted molar refractivity (Wildman–Crippen MR) is 112 cm³/mol. The van der Waals surface area contributed by atoms with Crippen molar-refractivity contribution < 1.29 is 18.8 Å². The number of carbonyl (C=O) groups excluding carboxylic acids is 2. The highest BCUT2D eigenvalue weighted by atomic mass is 19.1. The molecule has 2 aromatic rings. The van der Waals surface area contributed by atoms with Crippen molar-refractivity contribution >= 4 is 23.2 Å². The molecule has 9 nitrogen and oxygen atoms in total. The number of aromatic nitrogens is 2. The van der Waals surface area contributed by atoms with Crippen molar-refractivity contribution in [1.82, 2.24) is 20.0 Å². The Bertz CT molecular complexity index is 966. The van der Waals surface area contributed by atoms with Crippen LogP contribution in [0, 0.1) is 5.82 Å². The van der Waals surface area contributed by atoms with Crippen molar-refractivity contribution in [2.75, 3.05) is 37.6 Å². The number of piperazine rings is 1. The summed E-state index contributed by atoms with van der Waals surface area (Å²) in [7, 11) is 1.81. The molecule has 1 atom stereocenters. The quantitative estimate of drug-likeness (QED) is 0.738. The van der Waals surface area contributed by atoms with Gasteiger partial charge in [0.25, 0.3) is 5.91 Å². The van der Waals surface area contributed by atoms with E-state index < -0.39 is 6.10 Å². The lowest BCUT2D eigenvalue weighted by molar-refractivity contribution is -0.132. The van der Waals surface area contributed by atoms with Gasteiger partial charge in [-0.2, -0.15) is 5.10 Å². The molecule has 1 aromatic carbocycles. The number of anilines is 1. The molecule has 164 valence electrons. The minimum atomic E-state index is -0.690. The molecular weight excluding hydrogens is 403 g/mol. The second-order valence-electron chi connectivity index (χ2n) is 7.62.